The van der Waals surface area contributed by atoms with Crippen LogP contribution in [0.1, 0.15) is 30.9 Å². The Balaban J connectivity index is 2.65. The summed E-state index contributed by atoms with van der Waals surface area (Å²) in [4.78, 5) is 2.84. The second kappa shape index (κ2) is 4.48. The molecule has 0 aliphatic heterocycles. The molecule has 0 aliphatic rings. The standard InChI is InChI=1S/C14H15N3/c1-9(2)11-4-5-12-8-14(16-17-15)10(3)6-13(12)7-11/h4-9H,1-3H3. The molecule has 86 valence electrons. The molecule has 0 aliphatic carbocycles. The van der Waals surface area contributed by atoms with Crippen molar-refractivity contribution in [2.45, 2.75) is 26.7 Å². The number of nitrogens with zero attached hydrogens (tertiary/aromatic N) is 3. The normalized spacial score (nSPS) is 10.6. The first-order chi connectivity index (χ1) is 8.11. The smallest absolute Gasteiger partial charge is 0.0410 e. The summed E-state index contributed by atoms with van der Waals surface area (Å²) in [6.07, 6.45) is 0. The second-order valence-electron chi connectivity index (χ2n) is 4.59. The maximum atomic E-state index is 8.49. The van der Waals surface area contributed by atoms with Gasteiger partial charge < -0.3 is 0 Å². The molecule has 0 saturated heterocycles. The summed E-state index contributed by atoms with van der Waals surface area (Å²) in [6.45, 7) is 6.33. The van der Waals surface area contributed by atoms with Crippen LogP contribution in [0.2, 0.25) is 0 Å². The molecule has 0 aromatic heterocycles. The summed E-state index contributed by atoms with van der Waals surface area (Å²) >= 11 is 0. The van der Waals surface area contributed by atoms with E-state index in [1.165, 1.54) is 10.9 Å². The Hall–Kier alpha value is -1.99. The first-order valence-corrected chi connectivity index (χ1v) is 5.71. The fourth-order valence-electron chi connectivity index (χ4n) is 1.93. The Morgan fingerprint density at radius 3 is 2.53 bits per heavy atom. The van der Waals surface area contributed by atoms with E-state index in [4.69, 9.17) is 5.53 Å². The maximum absolute atomic E-state index is 8.49. The fraction of sp³-hybridized carbons (Fsp3) is 0.286. The van der Waals surface area contributed by atoms with Gasteiger partial charge in [0.05, 0.1) is 0 Å². The van der Waals surface area contributed by atoms with Crippen molar-refractivity contribution in [1.82, 2.24) is 0 Å². The third-order valence-electron chi connectivity index (χ3n) is 3.00. The molecule has 0 radical (unpaired) electrons. The molecule has 0 amide bonds. The Kier molecular flexibility index (Phi) is 3.03. The number of benzene rings is 2. The largest absolute Gasteiger partial charge is 0.0605 e. The summed E-state index contributed by atoms with van der Waals surface area (Å²) < 4.78 is 0. The van der Waals surface area contributed by atoms with Gasteiger partial charge in [-0.1, -0.05) is 43.2 Å². The Morgan fingerprint density at radius 2 is 1.88 bits per heavy atom. The molecule has 2 rings (SSSR count). The average Bonchev–Trinajstić information content (AvgIpc) is 2.29. The van der Waals surface area contributed by atoms with Crippen molar-refractivity contribution in [1.29, 1.82) is 0 Å². The molecule has 0 fully saturated rings. The van der Waals surface area contributed by atoms with Crippen LogP contribution < -0.4 is 0 Å². The second-order valence-corrected chi connectivity index (χ2v) is 4.59. The Bertz CT molecular complexity index is 608. The van der Waals surface area contributed by atoms with Crippen LogP contribution in [0, 0.1) is 6.92 Å². The van der Waals surface area contributed by atoms with Crippen LogP contribution >= 0.6 is 0 Å². The SMILES string of the molecule is Cc1cc2cc(C(C)C)ccc2cc1N=[N+]=[N-]. The maximum Gasteiger partial charge on any atom is 0.0410 e. The zero-order valence-electron chi connectivity index (χ0n) is 10.3. The highest BCUT2D eigenvalue weighted by atomic mass is 15.1. The molecule has 3 nitrogen and oxygen atoms in total. The number of hydrogen-bond donors (Lipinski definition) is 0. The molecule has 2 aromatic carbocycles. The van der Waals surface area contributed by atoms with Gasteiger partial charge in [-0.05, 0) is 46.3 Å². The molecule has 0 atom stereocenters. The molecule has 17 heavy (non-hydrogen) atoms. The van der Waals surface area contributed by atoms with Crippen LogP contribution in [0.25, 0.3) is 21.2 Å². The van der Waals surface area contributed by atoms with Gasteiger partial charge in [-0.15, -0.1) is 0 Å². The van der Waals surface area contributed by atoms with Crippen molar-refractivity contribution in [3.8, 4) is 0 Å². The highest BCUT2D eigenvalue weighted by Crippen LogP contribution is 2.28. The van der Waals surface area contributed by atoms with Gasteiger partial charge in [-0.2, -0.15) is 0 Å². The van der Waals surface area contributed by atoms with E-state index < -0.39 is 0 Å². The predicted molar refractivity (Wildman–Crippen MR) is 71.6 cm³/mol. The van der Waals surface area contributed by atoms with Gasteiger partial charge >= 0.3 is 0 Å². The van der Waals surface area contributed by atoms with Crippen molar-refractivity contribution in [3.63, 3.8) is 0 Å². The predicted octanol–water partition coefficient (Wildman–Crippen LogP) is 5.21. The molecule has 0 heterocycles. The first-order valence-electron chi connectivity index (χ1n) is 5.71. The molecule has 2 aromatic rings. The van der Waals surface area contributed by atoms with Gasteiger partial charge in [0.15, 0.2) is 0 Å². The molecule has 3 heteroatoms. The van der Waals surface area contributed by atoms with Gasteiger partial charge in [0.25, 0.3) is 0 Å². The number of azide groups is 1. The molecule has 0 spiro atoms. The number of hydrogen-bond acceptors (Lipinski definition) is 1. The van der Waals surface area contributed by atoms with Gasteiger partial charge in [-0.25, -0.2) is 0 Å². The van der Waals surface area contributed by atoms with E-state index in [1.807, 2.05) is 13.0 Å². The summed E-state index contributed by atoms with van der Waals surface area (Å²) in [7, 11) is 0. The van der Waals surface area contributed by atoms with E-state index in [0.717, 1.165) is 10.9 Å². The van der Waals surface area contributed by atoms with Gasteiger partial charge in [0.1, 0.15) is 0 Å². The van der Waals surface area contributed by atoms with Crippen molar-refractivity contribution >= 4 is 16.5 Å². The molecule has 0 bridgehead atoms. The molecular weight excluding hydrogens is 210 g/mol. The van der Waals surface area contributed by atoms with Crippen LogP contribution in [0.4, 0.5) is 5.69 Å². The van der Waals surface area contributed by atoms with Gasteiger partial charge in [-0.3, -0.25) is 0 Å². The van der Waals surface area contributed by atoms with E-state index >= 15 is 0 Å². The Morgan fingerprint density at radius 1 is 1.12 bits per heavy atom. The monoisotopic (exact) mass is 225 g/mol. The minimum absolute atomic E-state index is 0.525. The van der Waals surface area contributed by atoms with E-state index in [-0.39, 0.29) is 0 Å². The fourth-order valence-corrected chi connectivity index (χ4v) is 1.93. The minimum Gasteiger partial charge on any atom is -0.0605 e. The summed E-state index contributed by atoms with van der Waals surface area (Å²) in [5.74, 6) is 0.525. The average molecular weight is 225 g/mol. The van der Waals surface area contributed by atoms with Crippen LogP contribution in [0.5, 0.6) is 0 Å². The van der Waals surface area contributed by atoms with Gasteiger partial charge in [0.2, 0.25) is 0 Å². The molecular formula is C14H15N3. The third-order valence-corrected chi connectivity index (χ3v) is 3.00. The number of fused-ring (bicyclic) bond motifs is 1. The topological polar surface area (TPSA) is 48.8 Å². The van der Waals surface area contributed by atoms with Crippen molar-refractivity contribution in [2.24, 2.45) is 5.11 Å². The number of rotatable bonds is 2. The van der Waals surface area contributed by atoms with Crippen LogP contribution in [-0.4, -0.2) is 0 Å². The van der Waals surface area contributed by atoms with Crippen molar-refractivity contribution < 1.29 is 0 Å². The first kappa shape index (κ1) is 11.5. The van der Waals surface area contributed by atoms with Gasteiger partial charge in [0, 0.05) is 10.6 Å². The summed E-state index contributed by atoms with van der Waals surface area (Å²) in [5.41, 5.74) is 11.5. The summed E-state index contributed by atoms with van der Waals surface area (Å²) in [5, 5.41) is 6.01. The highest BCUT2D eigenvalue weighted by Gasteiger charge is 2.03. The lowest BCUT2D eigenvalue weighted by atomic mass is 9.98. The Labute approximate surface area is 101 Å². The van der Waals surface area contributed by atoms with E-state index in [0.29, 0.717) is 11.6 Å². The lowest BCUT2D eigenvalue weighted by Crippen LogP contribution is -1.87. The summed E-state index contributed by atoms with van der Waals surface area (Å²) in [6, 6.07) is 10.4. The quantitative estimate of drug-likeness (QED) is 0.382. The minimum atomic E-state index is 0.525. The lowest BCUT2D eigenvalue weighted by Gasteiger charge is -2.08. The van der Waals surface area contributed by atoms with Crippen molar-refractivity contribution in [2.75, 3.05) is 0 Å². The zero-order chi connectivity index (χ0) is 12.4. The van der Waals surface area contributed by atoms with E-state index in [1.54, 1.807) is 0 Å². The highest BCUT2D eigenvalue weighted by molar-refractivity contribution is 5.87. The van der Waals surface area contributed by atoms with E-state index in [9.17, 15) is 0 Å². The van der Waals surface area contributed by atoms with Crippen molar-refractivity contribution in [3.05, 3.63) is 51.9 Å². The van der Waals surface area contributed by atoms with Crippen LogP contribution in [0.15, 0.2) is 35.4 Å². The molecule has 0 unspecified atom stereocenters. The molecule has 0 N–H and O–H groups in total. The van der Waals surface area contributed by atoms with Crippen LogP contribution in [0.3, 0.4) is 0 Å². The number of aryl methyl sites for hydroxylation is 1. The molecule has 0 saturated carbocycles. The van der Waals surface area contributed by atoms with E-state index in [2.05, 4.69) is 48.1 Å². The van der Waals surface area contributed by atoms with Crippen LogP contribution in [-0.2, 0) is 0 Å². The zero-order valence-corrected chi connectivity index (χ0v) is 10.3. The lowest BCUT2D eigenvalue weighted by molar-refractivity contribution is 0.869. The third kappa shape index (κ3) is 2.24.